The highest BCUT2D eigenvalue weighted by molar-refractivity contribution is 7.99. The molecule has 0 fully saturated rings. The van der Waals surface area contributed by atoms with Crippen molar-refractivity contribution in [2.45, 2.75) is 29.3 Å². The molecule has 0 radical (unpaired) electrons. The van der Waals surface area contributed by atoms with Crippen LogP contribution >= 0.6 is 11.8 Å². The molecular formula is C26H25NOS. The van der Waals surface area contributed by atoms with Crippen molar-refractivity contribution in [2.24, 2.45) is 0 Å². The molecule has 3 aromatic rings. The average Bonchev–Trinajstić information content (AvgIpc) is 2.79. The van der Waals surface area contributed by atoms with Gasteiger partial charge >= 0.3 is 0 Å². The average molecular weight is 400 g/mol. The van der Waals surface area contributed by atoms with Gasteiger partial charge in [-0.3, -0.25) is 5.32 Å². The highest BCUT2D eigenvalue weighted by Crippen LogP contribution is 2.46. The third kappa shape index (κ3) is 3.61. The van der Waals surface area contributed by atoms with Crippen LogP contribution in [0.25, 0.3) is 0 Å². The summed E-state index contributed by atoms with van der Waals surface area (Å²) in [7, 11) is 0. The van der Waals surface area contributed by atoms with E-state index in [1.807, 2.05) is 11.8 Å². The first-order valence-electron chi connectivity index (χ1n) is 10.2. The molecule has 0 saturated carbocycles. The van der Waals surface area contributed by atoms with E-state index in [9.17, 15) is 0 Å². The van der Waals surface area contributed by atoms with E-state index in [1.165, 1.54) is 21.6 Å². The number of para-hydroxylation sites is 1. The van der Waals surface area contributed by atoms with Gasteiger partial charge in [0, 0.05) is 22.1 Å². The van der Waals surface area contributed by atoms with Gasteiger partial charge in [0.2, 0.25) is 0 Å². The van der Waals surface area contributed by atoms with Gasteiger partial charge in [0.25, 0.3) is 0 Å². The molecule has 5 rings (SSSR count). The Balaban J connectivity index is 1.49. The number of aryl methyl sites for hydroxylation is 1. The summed E-state index contributed by atoms with van der Waals surface area (Å²) in [6.07, 6.45) is 4.71. The van der Waals surface area contributed by atoms with Crippen LogP contribution < -0.4 is 10.1 Å². The Morgan fingerprint density at radius 3 is 2.52 bits per heavy atom. The largest absolute Gasteiger partial charge is 0.491 e. The Morgan fingerprint density at radius 2 is 1.69 bits per heavy atom. The molecule has 0 spiro atoms. The van der Waals surface area contributed by atoms with E-state index >= 15 is 0 Å². The zero-order valence-corrected chi connectivity index (χ0v) is 17.4. The number of ether oxygens (including phenoxy) is 1. The summed E-state index contributed by atoms with van der Waals surface area (Å²) >= 11 is 1.91. The smallest absolute Gasteiger partial charge is 0.123 e. The minimum absolute atomic E-state index is 0.154. The maximum atomic E-state index is 6.28. The summed E-state index contributed by atoms with van der Waals surface area (Å²) < 4.78 is 6.28. The lowest BCUT2D eigenvalue weighted by molar-refractivity contribution is 0.144. The van der Waals surface area contributed by atoms with Crippen molar-refractivity contribution in [2.75, 3.05) is 12.4 Å². The number of nitrogens with one attached hydrogen (secondary N) is 1. The summed E-state index contributed by atoms with van der Waals surface area (Å²) in [5, 5.41) is 3.98. The van der Waals surface area contributed by atoms with Gasteiger partial charge in [-0.05, 0) is 30.7 Å². The number of benzene rings is 3. The van der Waals surface area contributed by atoms with Crippen molar-refractivity contribution in [1.29, 1.82) is 0 Å². The maximum absolute atomic E-state index is 6.28. The lowest BCUT2D eigenvalue weighted by Crippen LogP contribution is -2.60. The van der Waals surface area contributed by atoms with Crippen LogP contribution in [0.5, 0.6) is 5.75 Å². The van der Waals surface area contributed by atoms with Gasteiger partial charge in [-0.2, -0.15) is 0 Å². The standard InChI is InChI=1S/C26H25NOS/c1-19-11-13-21(14-12-19)29-18-26-17-28-25-10-6-5-9-22(25)23(26)15-16-24(27-26)20-7-3-2-4-8-20/h2-16,23-24,27H,17-18H2,1H3. The first kappa shape index (κ1) is 18.5. The molecule has 3 heteroatoms. The maximum Gasteiger partial charge on any atom is 0.123 e. The van der Waals surface area contributed by atoms with Crippen molar-refractivity contribution in [3.63, 3.8) is 0 Å². The first-order chi connectivity index (χ1) is 14.2. The van der Waals surface area contributed by atoms with Crippen LogP contribution in [-0.2, 0) is 0 Å². The van der Waals surface area contributed by atoms with Crippen molar-refractivity contribution in [3.8, 4) is 5.75 Å². The molecule has 2 nitrogen and oxygen atoms in total. The highest BCUT2D eigenvalue weighted by atomic mass is 32.2. The van der Waals surface area contributed by atoms with Gasteiger partial charge in [0.05, 0.1) is 11.6 Å². The summed E-state index contributed by atoms with van der Waals surface area (Å²) in [6.45, 7) is 2.80. The Morgan fingerprint density at radius 1 is 0.931 bits per heavy atom. The van der Waals surface area contributed by atoms with Crippen molar-refractivity contribution >= 4 is 11.8 Å². The monoisotopic (exact) mass is 399 g/mol. The number of fused-ring (bicyclic) bond motifs is 3. The van der Waals surface area contributed by atoms with Gasteiger partial charge in [-0.1, -0.05) is 78.4 Å². The minimum Gasteiger partial charge on any atom is -0.491 e. The Kier molecular flexibility index (Phi) is 4.94. The molecule has 3 atom stereocenters. The molecule has 2 aliphatic rings. The molecule has 2 aliphatic heterocycles. The molecule has 0 saturated heterocycles. The van der Waals surface area contributed by atoms with E-state index in [4.69, 9.17) is 4.74 Å². The van der Waals surface area contributed by atoms with Crippen LogP contribution in [0.2, 0.25) is 0 Å². The Labute approximate surface area is 177 Å². The van der Waals surface area contributed by atoms with Gasteiger partial charge in [-0.25, -0.2) is 0 Å². The molecular weight excluding hydrogens is 374 g/mol. The molecule has 29 heavy (non-hydrogen) atoms. The van der Waals surface area contributed by atoms with Gasteiger partial charge < -0.3 is 4.74 Å². The zero-order chi connectivity index (χ0) is 19.7. The van der Waals surface area contributed by atoms with Gasteiger partial charge in [0.1, 0.15) is 12.4 Å². The predicted molar refractivity (Wildman–Crippen MR) is 121 cm³/mol. The van der Waals surface area contributed by atoms with Gasteiger partial charge in [0.15, 0.2) is 0 Å². The van der Waals surface area contributed by atoms with Crippen LogP contribution in [0.15, 0.2) is 95.9 Å². The predicted octanol–water partition coefficient (Wildman–Crippen LogP) is 5.90. The molecule has 0 aromatic heterocycles. The second kappa shape index (κ2) is 7.74. The Hall–Kier alpha value is -2.49. The summed E-state index contributed by atoms with van der Waals surface area (Å²) in [4.78, 5) is 1.30. The Bertz CT molecular complexity index is 1010. The van der Waals surface area contributed by atoms with Gasteiger partial charge in [-0.15, -0.1) is 11.8 Å². The summed E-state index contributed by atoms with van der Waals surface area (Å²) in [5.41, 5.74) is 3.71. The summed E-state index contributed by atoms with van der Waals surface area (Å²) in [5.74, 6) is 2.26. The molecule has 2 heterocycles. The molecule has 3 aromatic carbocycles. The topological polar surface area (TPSA) is 21.3 Å². The number of rotatable bonds is 4. The van der Waals surface area contributed by atoms with Crippen LogP contribution in [0.4, 0.5) is 0 Å². The molecule has 3 unspecified atom stereocenters. The number of thioether (sulfide) groups is 1. The molecule has 0 amide bonds. The van der Waals surface area contributed by atoms with E-state index in [1.54, 1.807) is 0 Å². The molecule has 1 N–H and O–H groups in total. The zero-order valence-electron chi connectivity index (χ0n) is 16.5. The van der Waals surface area contributed by atoms with Crippen LogP contribution in [0.1, 0.15) is 28.7 Å². The fourth-order valence-electron chi connectivity index (χ4n) is 4.34. The van der Waals surface area contributed by atoms with E-state index < -0.39 is 0 Å². The fourth-order valence-corrected chi connectivity index (χ4v) is 5.44. The fraction of sp³-hybridized carbons (Fsp3) is 0.231. The van der Waals surface area contributed by atoms with Crippen LogP contribution in [-0.4, -0.2) is 17.9 Å². The van der Waals surface area contributed by atoms with Crippen molar-refractivity contribution in [1.82, 2.24) is 5.32 Å². The number of hydrogen-bond acceptors (Lipinski definition) is 3. The lowest BCUT2D eigenvalue weighted by Gasteiger charge is -2.48. The first-order valence-corrected chi connectivity index (χ1v) is 11.1. The van der Waals surface area contributed by atoms with Crippen molar-refractivity contribution < 1.29 is 4.74 Å². The second-order valence-corrected chi connectivity index (χ2v) is 9.03. The normalized spacial score (nSPS) is 25.0. The third-order valence-electron chi connectivity index (χ3n) is 5.95. The summed E-state index contributed by atoms with van der Waals surface area (Å²) in [6, 6.07) is 28.1. The third-order valence-corrected chi connectivity index (χ3v) is 7.21. The minimum atomic E-state index is -0.154. The molecule has 146 valence electrons. The van der Waals surface area contributed by atoms with E-state index in [0.29, 0.717) is 12.5 Å². The molecule has 0 bridgehead atoms. The van der Waals surface area contributed by atoms with E-state index in [2.05, 4.69) is 103 Å². The van der Waals surface area contributed by atoms with E-state index in [0.717, 1.165) is 11.5 Å². The highest BCUT2D eigenvalue weighted by Gasteiger charge is 2.46. The SMILES string of the molecule is Cc1ccc(SCC23COc4ccccc4C2C=CC(c2ccccc2)N3)cc1. The number of hydrogen-bond donors (Lipinski definition) is 1. The van der Waals surface area contributed by atoms with Crippen molar-refractivity contribution in [3.05, 3.63) is 108 Å². The van der Waals surface area contributed by atoms with E-state index in [-0.39, 0.29) is 11.6 Å². The lowest BCUT2D eigenvalue weighted by atomic mass is 9.75. The van der Waals surface area contributed by atoms with Crippen LogP contribution in [0, 0.1) is 6.92 Å². The quantitative estimate of drug-likeness (QED) is 0.436. The van der Waals surface area contributed by atoms with Crippen LogP contribution in [0.3, 0.4) is 0 Å². The second-order valence-electron chi connectivity index (χ2n) is 7.98. The molecule has 0 aliphatic carbocycles.